The predicted molar refractivity (Wildman–Crippen MR) is 101 cm³/mol. The average Bonchev–Trinajstić information content (AvgIpc) is 2.98. The van der Waals surface area contributed by atoms with Crippen molar-refractivity contribution < 1.29 is 4.52 Å². The van der Waals surface area contributed by atoms with Crippen molar-refractivity contribution in [1.29, 1.82) is 0 Å². The topological polar surface area (TPSA) is 32.5 Å². The molecule has 2 aromatic rings. The van der Waals surface area contributed by atoms with E-state index in [4.69, 9.17) is 4.52 Å². The molecule has 1 fully saturated rings. The first-order valence-electron chi connectivity index (χ1n) is 9.36. The molecule has 4 nitrogen and oxygen atoms in total. The molecule has 0 unspecified atom stereocenters. The van der Waals surface area contributed by atoms with Gasteiger partial charge in [-0.1, -0.05) is 18.5 Å². The van der Waals surface area contributed by atoms with Crippen molar-refractivity contribution in [2.75, 3.05) is 39.1 Å². The van der Waals surface area contributed by atoms with Crippen molar-refractivity contribution in [1.82, 2.24) is 10.1 Å². The Bertz CT molecular complexity index is 669. The molecule has 1 aliphatic rings. The van der Waals surface area contributed by atoms with Crippen molar-refractivity contribution in [3.8, 4) is 0 Å². The number of hydrogen-bond donors (Lipinski definition) is 0. The lowest BCUT2D eigenvalue weighted by molar-refractivity contribution is 0.212. The number of aryl methyl sites for hydroxylation is 2. The highest BCUT2D eigenvalue weighted by molar-refractivity contribution is 5.87. The third-order valence-corrected chi connectivity index (χ3v) is 5.40. The van der Waals surface area contributed by atoms with Gasteiger partial charge in [-0.15, -0.1) is 0 Å². The first-order valence-corrected chi connectivity index (χ1v) is 9.36. The van der Waals surface area contributed by atoms with Gasteiger partial charge in [-0.25, -0.2) is 0 Å². The van der Waals surface area contributed by atoms with Gasteiger partial charge < -0.3 is 14.3 Å². The predicted octanol–water partition coefficient (Wildman–Crippen LogP) is 4.12. The second kappa shape index (κ2) is 7.56. The molecule has 0 atom stereocenters. The maximum Gasteiger partial charge on any atom is 0.172 e. The summed E-state index contributed by atoms with van der Waals surface area (Å²) in [5.74, 6) is 0.837. The molecule has 0 N–H and O–H groups in total. The van der Waals surface area contributed by atoms with Crippen LogP contribution in [-0.4, -0.2) is 44.3 Å². The molecular weight excluding hydrogens is 298 g/mol. The van der Waals surface area contributed by atoms with Crippen LogP contribution in [0.25, 0.3) is 11.0 Å². The zero-order valence-electron chi connectivity index (χ0n) is 15.6. The SMILES string of the molecule is CCCc1c(N(C)C)ccc2c(CCC3CCN(C)CC3)noc12. The van der Waals surface area contributed by atoms with Crippen LogP contribution in [0.3, 0.4) is 0 Å². The van der Waals surface area contributed by atoms with Crippen LogP contribution in [0.1, 0.15) is 43.9 Å². The molecule has 132 valence electrons. The highest BCUT2D eigenvalue weighted by Crippen LogP contribution is 2.32. The molecule has 3 rings (SSSR count). The summed E-state index contributed by atoms with van der Waals surface area (Å²) in [6.45, 7) is 4.68. The van der Waals surface area contributed by atoms with Gasteiger partial charge in [0.05, 0.1) is 5.69 Å². The van der Waals surface area contributed by atoms with Gasteiger partial charge in [-0.3, -0.25) is 0 Å². The standard InChI is InChI=1S/C20H31N3O/c1-5-6-17-19(22(2)3)10-8-16-18(21-24-20(16)17)9-7-15-11-13-23(4)14-12-15/h8,10,15H,5-7,9,11-14H2,1-4H3. The summed E-state index contributed by atoms with van der Waals surface area (Å²) in [4.78, 5) is 4.60. The van der Waals surface area contributed by atoms with Crippen LogP contribution in [0.5, 0.6) is 0 Å². The van der Waals surface area contributed by atoms with Crippen LogP contribution in [0, 0.1) is 5.92 Å². The van der Waals surface area contributed by atoms with E-state index in [2.05, 4.69) is 55.2 Å². The van der Waals surface area contributed by atoms with E-state index in [0.717, 1.165) is 36.5 Å². The van der Waals surface area contributed by atoms with Crippen LogP contribution >= 0.6 is 0 Å². The van der Waals surface area contributed by atoms with E-state index in [1.54, 1.807) is 0 Å². The van der Waals surface area contributed by atoms with E-state index >= 15 is 0 Å². The van der Waals surface area contributed by atoms with E-state index in [1.807, 2.05) is 0 Å². The van der Waals surface area contributed by atoms with Crippen molar-refractivity contribution in [2.45, 2.75) is 45.4 Å². The molecule has 1 aliphatic heterocycles. The Morgan fingerprint density at radius 1 is 1.21 bits per heavy atom. The largest absolute Gasteiger partial charge is 0.377 e. The zero-order chi connectivity index (χ0) is 17.1. The van der Waals surface area contributed by atoms with Crippen LogP contribution in [0.2, 0.25) is 0 Å². The van der Waals surface area contributed by atoms with Crippen molar-refractivity contribution in [2.24, 2.45) is 5.92 Å². The minimum Gasteiger partial charge on any atom is -0.377 e. The lowest BCUT2D eigenvalue weighted by Gasteiger charge is -2.28. The molecule has 0 saturated carbocycles. The molecule has 1 saturated heterocycles. The Kier molecular flexibility index (Phi) is 5.44. The normalized spacial score (nSPS) is 16.8. The molecule has 0 bridgehead atoms. The summed E-state index contributed by atoms with van der Waals surface area (Å²) in [7, 11) is 6.41. The molecular formula is C20H31N3O. The fraction of sp³-hybridized carbons (Fsp3) is 0.650. The maximum atomic E-state index is 5.80. The third-order valence-electron chi connectivity index (χ3n) is 5.40. The second-order valence-corrected chi connectivity index (χ2v) is 7.50. The third kappa shape index (κ3) is 3.59. The number of piperidine rings is 1. The lowest BCUT2D eigenvalue weighted by atomic mass is 9.91. The monoisotopic (exact) mass is 329 g/mol. The minimum atomic E-state index is 0.837. The minimum absolute atomic E-state index is 0.837. The van der Waals surface area contributed by atoms with E-state index < -0.39 is 0 Å². The number of hydrogen-bond acceptors (Lipinski definition) is 4. The van der Waals surface area contributed by atoms with Gasteiger partial charge in [0.25, 0.3) is 0 Å². The summed E-state index contributed by atoms with van der Waals surface area (Å²) in [5.41, 5.74) is 4.70. The molecule has 2 heterocycles. The van der Waals surface area contributed by atoms with Gasteiger partial charge >= 0.3 is 0 Å². The number of likely N-dealkylation sites (tertiary alicyclic amines) is 1. The fourth-order valence-corrected chi connectivity index (χ4v) is 3.88. The smallest absolute Gasteiger partial charge is 0.172 e. The number of anilines is 1. The Morgan fingerprint density at radius 3 is 2.62 bits per heavy atom. The highest BCUT2D eigenvalue weighted by Gasteiger charge is 2.20. The highest BCUT2D eigenvalue weighted by atomic mass is 16.5. The van der Waals surface area contributed by atoms with Gasteiger partial charge in [0, 0.05) is 30.7 Å². The van der Waals surface area contributed by atoms with Crippen LogP contribution in [-0.2, 0) is 12.8 Å². The molecule has 1 aromatic heterocycles. The fourth-order valence-electron chi connectivity index (χ4n) is 3.88. The summed E-state index contributed by atoms with van der Waals surface area (Å²) in [5, 5.41) is 5.65. The summed E-state index contributed by atoms with van der Waals surface area (Å²) in [6, 6.07) is 4.42. The van der Waals surface area contributed by atoms with Crippen LogP contribution in [0.15, 0.2) is 16.7 Å². The van der Waals surface area contributed by atoms with Crippen molar-refractivity contribution in [3.63, 3.8) is 0 Å². The lowest BCUT2D eigenvalue weighted by Crippen LogP contribution is -2.30. The van der Waals surface area contributed by atoms with Gasteiger partial charge in [0.2, 0.25) is 0 Å². The quantitative estimate of drug-likeness (QED) is 0.798. The molecule has 1 aromatic carbocycles. The first kappa shape index (κ1) is 17.3. The zero-order valence-corrected chi connectivity index (χ0v) is 15.6. The Hall–Kier alpha value is -1.55. The summed E-state index contributed by atoms with van der Waals surface area (Å²) >= 11 is 0. The number of benzene rings is 1. The van der Waals surface area contributed by atoms with Gasteiger partial charge in [-0.2, -0.15) is 0 Å². The summed E-state index contributed by atoms with van der Waals surface area (Å²) in [6.07, 6.45) is 7.05. The maximum absolute atomic E-state index is 5.80. The molecule has 24 heavy (non-hydrogen) atoms. The average molecular weight is 329 g/mol. The number of fused-ring (bicyclic) bond motifs is 1. The van der Waals surface area contributed by atoms with E-state index in [-0.39, 0.29) is 0 Å². The molecule has 0 radical (unpaired) electrons. The summed E-state index contributed by atoms with van der Waals surface area (Å²) < 4.78 is 5.80. The second-order valence-electron chi connectivity index (χ2n) is 7.50. The van der Waals surface area contributed by atoms with Crippen molar-refractivity contribution in [3.05, 3.63) is 23.4 Å². The van der Waals surface area contributed by atoms with Crippen molar-refractivity contribution >= 4 is 16.7 Å². The number of aromatic nitrogens is 1. The Balaban J connectivity index is 1.78. The van der Waals surface area contributed by atoms with Crippen LogP contribution < -0.4 is 4.90 Å². The molecule has 0 spiro atoms. The molecule has 4 heteroatoms. The number of nitrogens with zero attached hydrogens (tertiary/aromatic N) is 3. The Morgan fingerprint density at radius 2 is 1.96 bits per heavy atom. The van der Waals surface area contributed by atoms with E-state index in [0.29, 0.717) is 0 Å². The van der Waals surface area contributed by atoms with Gasteiger partial charge in [0.15, 0.2) is 5.58 Å². The number of rotatable bonds is 6. The Labute approximate surface area is 145 Å². The molecule has 0 amide bonds. The van der Waals surface area contributed by atoms with Gasteiger partial charge in [0.1, 0.15) is 0 Å². The van der Waals surface area contributed by atoms with Gasteiger partial charge in [-0.05, 0) is 70.3 Å². The van der Waals surface area contributed by atoms with E-state index in [9.17, 15) is 0 Å². The van der Waals surface area contributed by atoms with E-state index in [1.165, 1.54) is 49.0 Å². The first-order chi connectivity index (χ1) is 11.6. The van der Waals surface area contributed by atoms with Crippen LogP contribution in [0.4, 0.5) is 5.69 Å². The molecule has 0 aliphatic carbocycles.